The Labute approximate surface area is 98.1 Å². The van der Waals surface area contributed by atoms with Gasteiger partial charge >= 0.3 is 0 Å². The topological polar surface area (TPSA) is 45.8 Å². The molecule has 0 saturated carbocycles. The molecule has 3 heteroatoms. The van der Waals surface area contributed by atoms with Crippen molar-refractivity contribution < 1.29 is 4.79 Å². The van der Waals surface area contributed by atoms with E-state index in [1.165, 1.54) is 0 Å². The lowest BCUT2D eigenvalue weighted by atomic mass is 10.0. The largest absolute Gasteiger partial charge is 0.345 e. The van der Waals surface area contributed by atoms with E-state index in [4.69, 9.17) is 0 Å². The van der Waals surface area contributed by atoms with Crippen molar-refractivity contribution in [3.8, 4) is 0 Å². The molecule has 3 rings (SSSR count). The van der Waals surface area contributed by atoms with Crippen LogP contribution in [0.15, 0.2) is 48.8 Å². The fourth-order valence-electron chi connectivity index (χ4n) is 1.83. The minimum atomic E-state index is -0.0129. The van der Waals surface area contributed by atoms with Gasteiger partial charge in [0.05, 0.1) is 0 Å². The van der Waals surface area contributed by atoms with E-state index < -0.39 is 0 Å². The minimum Gasteiger partial charge on any atom is -0.345 e. The van der Waals surface area contributed by atoms with Gasteiger partial charge in [-0.05, 0) is 24.3 Å². The molecule has 0 unspecified atom stereocenters. The van der Waals surface area contributed by atoms with Gasteiger partial charge in [-0.15, -0.1) is 0 Å². The molecular formula is C14H9N2O. The molecule has 17 heavy (non-hydrogen) atoms. The molecule has 2 aromatic heterocycles. The number of nitrogens with zero attached hydrogens (tertiary/aromatic N) is 1. The van der Waals surface area contributed by atoms with E-state index in [1.54, 1.807) is 36.7 Å². The zero-order chi connectivity index (χ0) is 11.7. The fraction of sp³-hybridized carbons (Fsp3) is 0. The van der Waals surface area contributed by atoms with Gasteiger partial charge in [0, 0.05) is 28.9 Å². The minimum absolute atomic E-state index is 0.0129. The molecule has 1 aromatic carbocycles. The van der Waals surface area contributed by atoms with E-state index in [1.807, 2.05) is 12.1 Å². The van der Waals surface area contributed by atoms with Gasteiger partial charge in [-0.2, -0.15) is 0 Å². The van der Waals surface area contributed by atoms with Crippen molar-refractivity contribution in [2.75, 3.05) is 0 Å². The average molecular weight is 221 g/mol. The van der Waals surface area contributed by atoms with Crippen molar-refractivity contribution >= 4 is 16.8 Å². The first kappa shape index (κ1) is 9.78. The highest BCUT2D eigenvalue weighted by molar-refractivity contribution is 6.15. The Kier molecular flexibility index (Phi) is 2.22. The number of fused-ring (bicyclic) bond motifs is 1. The Hall–Kier alpha value is -2.42. The van der Waals surface area contributed by atoms with Crippen molar-refractivity contribution in [3.05, 3.63) is 66.0 Å². The molecule has 0 atom stereocenters. The van der Waals surface area contributed by atoms with Crippen LogP contribution >= 0.6 is 0 Å². The Bertz CT molecular complexity index is 671. The van der Waals surface area contributed by atoms with Crippen LogP contribution in [-0.4, -0.2) is 15.8 Å². The second kappa shape index (κ2) is 3.87. The molecule has 0 amide bonds. The standard InChI is InChI=1S/C14H9N2O/c17-13(10-5-2-1-3-6-10)12-9-16-14-11(12)7-4-8-15-14/h1-2,4-9H,(H,15,16). The zero-order valence-corrected chi connectivity index (χ0v) is 8.97. The number of aromatic nitrogens is 2. The summed E-state index contributed by atoms with van der Waals surface area (Å²) >= 11 is 0. The number of H-pyrrole nitrogens is 1. The highest BCUT2D eigenvalue weighted by atomic mass is 16.1. The van der Waals surface area contributed by atoms with Crippen LogP contribution < -0.4 is 0 Å². The summed E-state index contributed by atoms with van der Waals surface area (Å²) in [5, 5.41) is 0.848. The molecule has 3 aromatic rings. The Balaban J connectivity index is 2.14. The molecule has 0 aliphatic heterocycles. The number of carbonyl (C=O) groups is 1. The summed E-state index contributed by atoms with van der Waals surface area (Å²) in [6.45, 7) is 0. The van der Waals surface area contributed by atoms with Gasteiger partial charge in [0.2, 0.25) is 0 Å². The van der Waals surface area contributed by atoms with Gasteiger partial charge in [0.1, 0.15) is 5.65 Å². The molecule has 0 fully saturated rings. The van der Waals surface area contributed by atoms with E-state index in [9.17, 15) is 4.79 Å². The average Bonchev–Trinajstić information content (AvgIpc) is 2.83. The first-order valence-electron chi connectivity index (χ1n) is 5.29. The van der Waals surface area contributed by atoms with Gasteiger partial charge in [0.15, 0.2) is 5.78 Å². The van der Waals surface area contributed by atoms with E-state index in [2.05, 4.69) is 16.0 Å². The van der Waals surface area contributed by atoms with Crippen LogP contribution in [0.3, 0.4) is 0 Å². The smallest absolute Gasteiger partial charge is 0.195 e. The third-order valence-corrected chi connectivity index (χ3v) is 2.66. The molecular weight excluding hydrogens is 212 g/mol. The van der Waals surface area contributed by atoms with Gasteiger partial charge in [0.25, 0.3) is 0 Å². The molecule has 3 nitrogen and oxygen atoms in total. The lowest BCUT2D eigenvalue weighted by molar-refractivity contribution is 0.104. The summed E-state index contributed by atoms with van der Waals surface area (Å²) < 4.78 is 0. The van der Waals surface area contributed by atoms with Crippen LogP contribution in [0.4, 0.5) is 0 Å². The van der Waals surface area contributed by atoms with Gasteiger partial charge in [-0.1, -0.05) is 18.2 Å². The Morgan fingerprint density at radius 2 is 2.24 bits per heavy atom. The summed E-state index contributed by atoms with van der Waals surface area (Å²) in [6.07, 6.45) is 3.40. The van der Waals surface area contributed by atoms with Gasteiger partial charge in [-0.3, -0.25) is 4.79 Å². The molecule has 1 N–H and O–H groups in total. The number of aromatic amines is 1. The number of hydrogen-bond donors (Lipinski definition) is 1. The first-order valence-corrected chi connectivity index (χ1v) is 5.29. The third kappa shape index (κ3) is 1.61. The van der Waals surface area contributed by atoms with Gasteiger partial charge < -0.3 is 4.98 Å². The number of carbonyl (C=O) groups excluding carboxylic acids is 1. The molecule has 0 aliphatic rings. The normalized spacial score (nSPS) is 10.6. The highest BCUT2D eigenvalue weighted by Gasteiger charge is 2.13. The van der Waals surface area contributed by atoms with Crippen molar-refractivity contribution in [1.29, 1.82) is 0 Å². The number of ketones is 1. The summed E-state index contributed by atoms with van der Waals surface area (Å²) in [4.78, 5) is 19.4. The second-order valence-corrected chi connectivity index (χ2v) is 3.72. The maximum Gasteiger partial charge on any atom is 0.195 e. The molecule has 0 spiro atoms. The fourth-order valence-corrected chi connectivity index (χ4v) is 1.83. The van der Waals surface area contributed by atoms with Crippen molar-refractivity contribution in [1.82, 2.24) is 9.97 Å². The van der Waals surface area contributed by atoms with E-state index in [0.717, 1.165) is 11.0 Å². The maximum atomic E-state index is 12.3. The lowest BCUT2D eigenvalue weighted by Gasteiger charge is -1.98. The van der Waals surface area contributed by atoms with Crippen LogP contribution in [-0.2, 0) is 0 Å². The predicted octanol–water partition coefficient (Wildman–Crippen LogP) is 2.59. The van der Waals surface area contributed by atoms with Crippen molar-refractivity contribution in [2.45, 2.75) is 0 Å². The third-order valence-electron chi connectivity index (χ3n) is 2.66. The SMILES string of the molecule is O=C(c1c[c]ccc1)c1c[nH]c2ncccc12. The maximum absolute atomic E-state index is 12.3. The van der Waals surface area contributed by atoms with Crippen LogP contribution in [0.5, 0.6) is 0 Å². The molecule has 81 valence electrons. The molecule has 0 saturated heterocycles. The Morgan fingerprint density at radius 1 is 1.29 bits per heavy atom. The predicted molar refractivity (Wildman–Crippen MR) is 64.8 cm³/mol. The van der Waals surface area contributed by atoms with Crippen LogP contribution in [0.1, 0.15) is 15.9 Å². The highest BCUT2D eigenvalue weighted by Crippen LogP contribution is 2.18. The number of pyridine rings is 1. The zero-order valence-electron chi connectivity index (χ0n) is 8.97. The first-order chi connectivity index (χ1) is 8.36. The molecule has 0 bridgehead atoms. The summed E-state index contributed by atoms with van der Waals surface area (Å²) in [5.41, 5.74) is 2.01. The monoisotopic (exact) mass is 221 g/mol. The quantitative estimate of drug-likeness (QED) is 0.676. The van der Waals surface area contributed by atoms with E-state index >= 15 is 0 Å². The van der Waals surface area contributed by atoms with Crippen LogP contribution in [0.25, 0.3) is 11.0 Å². The number of rotatable bonds is 2. The van der Waals surface area contributed by atoms with Gasteiger partial charge in [-0.25, -0.2) is 4.98 Å². The van der Waals surface area contributed by atoms with E-state index in [0.29, 0.717) is 11.1 Å². The summed E-state index contributed by atoms with van der Waals surface area (Å²) in [6, 6.07) is 13.7. The summed E-state index contributed by atoms with van der Waals surface area (Å²) in [7, 11) is 0. The molecule has 1 radical (unpaired) electrons. The molecule has 0 aliphatic carbocycles. The number of benzene rings is 1. The van der Waals surface area contributed by atoms with E-state index in [-0.39, 0.29) is 5.78 Å². The van der Waals surface area contributed by atoms with Crippen LogP contribution in [0.2, 0.25) is 0 Å². The summed E-state index contributed by atoms with van der Waals surface area (Å²) in [5.74, 6) is -0.0129. The van der Waals surface area contributed by atoms with Crippen molar-refractivity contribution in [3.63, 3.8) is 0 Å². The Morgan fingerprint density at radius 3 is 3.06 bits per heavy atom. The van der Waals surface area contributed by atoms with Crippen LogP contribution in [0, 0.1) is 6.07 Å². The number of hydrogen-bond acceptors (Lipinski definition) is 2. The molecule has 2 heterocycles. The van der Waals surface area contributed by atoms with Crippen molar-refractivity contribution in [2.24, 2.45) is 0 Å². The second-order valence-electron chi connectivity index (χ2n) is 3.72. The lowest BCUT2D eigenvalue weighted by Crippen LogP contribution is -1.99. The number of nitrogens with one attached hydrogen (secondary N) is 1.